The largest absolute Gasteiger partial charge is 0.344 e. The second-order valence-corrected chi connectivity index (χ2v) is 9.86. The number of nitrogens with zero attached hydrogens (tertiary/aromatic N) is 2. The molecule has 0 saturated carbocycles. The van der Waals surface area contributed by atoms with Crippen molar-refractivity contribution in [2.45, 2.75) is 27.2 Å². The number of pyridine rings is 1. The summed E-state index contributed by atoms with van der Waals surface area (Å²) in [6.07, 6.45) is 20.8. The quantitative estimate of drug-likeness (QED) is 0.198. The van der Waals surface area contributed by atoms with Gasteiger partial charge in [-0.2, -0.15) is 0 Å². The summed E-state index contributed by atoms with van der Waals surface area (Å²) in [6, 6.07) is 25.6. The predicted molar refractivity (Wildman–Crippen MR) is 199 cm³/mol. The molecule has 0 N–H and O–H groups in total. The Balaban J connectivity index is 0.000000375. The van der Waals surface area contributed by atoms with Gasteiger partial charge in [0, 0.05) is 36.2 Å². The molecule has 6 rings (SSSR count). The highest BCUT2D eigenvalue weighted by Crippen LogP contribution is 2.39. The summed E-state index contributed by atoms with van der Waals surface area (Å²) in [4.78, 5) is 6.35. The third kappa shape index (κ3) is 7.79. The second kappa shape index (κ2) is 17.0. The molecule has 44 heavy (non-hydrogen) atoms. The van der Waals surface area contributed by atoms with Crippen LogP contribution in [0, 0.1) is 0 Å². The summed E-state index contributed by atoms with van der Waals surface area (Å²) in [5.41, 5.74) is 5.72. The number of fused-ring (bicyclic) bond motifs is 2. The number of anilines is 2. The Morgan fingerprint density at radius 2 is 1.30 bits per heavy atom. The fraction of sp³-hybridized carbons (Fsp3) is 0.119. The van der Waals surface area contributed by atoms with E-state index in [2.05, 4.69) is 128 Å². The monoisotopic (exact) mass is 576 g/mol. The molecule has 0 spiro atoms. The number of hydrogen-bond acceptors (Lipinski definition) is 2. The molecule has 4 aromatic carbocycles. The van der Waals surface area contributed by atoms with Gasteiger partial charge in [-0.25, -0.2) is 0 Å². The fourth-order valence-corrected chi connectivity index (χ4v) is 5.03. The molecule has 0 aliphatic heterocycles. The van der Waals surface area contributed by atoms with Gasteiger partial charge in [0.25, 0.3) is 0 Å². The van der Waals surface area contributed by atoms with E-state index in [9.17, 15) is 0 Å². The van der Waals surface area contributed by atoms with Crippen molar-refractivity contribution in [3.8, 4) is 11.1 Å². The van der Waals surface area contributed by atoms with Gasteiger partial charge < -0.3 is 4.90 Å². The molecule has 0 radical (unpaired) electrons. The van der Waals surface area contributed by atoms with E-state index in [4.69, 9.17) is 0 Å². The van der Waals surface area contributed by atoms with Crippen LogP contribution in [-0.2, 0) is 0 Å². The molecular formula is C42H44N2. The Labute approximate surface area is 263 Å². The molecule has 1 aromatic heterocycles. The first-order valence-corrected chi connectivity index (χ1v) is 15.1. The summed E-state index contributed by atoms with van der Waals surface area (Å²) in [6.45, 7) is 21.7. The Hall–Kier alpha value is -5.21. The standard InChI is InChI=1S/C30H24N2.C7H8.C3H6.C2H6/c1-5-22-11-13-26(28-12-10-20(2)21(3)30(22)28)25-14-15-29(27-9-7-6-8-24(25)27)32(4)23-16-18-31-19-17-23;1-2-4-6-7-5-3-1;1-3-2;1-2/h5-19H,1-3H2,4H3;1-6H,7H2;3H,1H2,2H3;1-2H3. The van der Waals surface area contributed by atoms with Crippen LogP contribution in [0.3, 0.4) is 0 Å². The van der Waals surface area contributed by atoms with Gasteiger partial charge in [-0.15, -0.1) is 6.58 Å². The fourth-order valence-electron chi connectivity index (χ4n) is 5.03. The highest BCUT2D eigenvalue weighted by Gasteiger charge is 2.14. The van der Waals surface area contributed by atoms with Crippen LogP contribution in [0.25, 0.3) is 51.9 Å². The molecule has 0 fully saturated rings. The van der Waals surface area contributed by atoms with E-state index >= 15 is 0 Å². The molecule has 0 atom stereocenters. The van der Waals surface area contributed by atoms with Gasteiger partial charge in [-0.1, -0.05) is 137 Å². The SMILES string of the molecule is C1=CC=CCC=C1.C=CC.C=Cc1ccc(-c2ccc(N(C)c3ccncc3)c3ccccc23)c2ccc(=C)c(=C)c12.CC. The molecule has 2 heteroatoms. The molecule has 0 saturated heterocycles. The van der Waals surface area contributed by atoms with E-state index in [0.29, 0.717) is 0 Å². The summed E-state index contributed by atoms with van der Waals surface area (Å²) in [5, 5.41) is 6.60. The lowest BCUT2D eigenvalue weighted by Gasteiger charge is -2.23. The van der Waals surface area contributed by atoms with E-state index < -0.39 is 0 Å². The van der Waals surface area contributed by atoms with Crippen LogP contribution in [0.5, 0.6) is 0 Å². The van der Waals surface area contributed by atoms with Crippen LogP contribution in [0.15, 0.2) is 141 Å². The molecule has 0 unspecified atom stereocenters. The Morgan fingerprint density at radius 3 is 1.93 bits per heavy atom. The van der Waals surface area contributed by atoms with E-state index in [1.165, 1.54) is 27.3 Å². The van der Waals surface area contributed by atoms with Crippen LogP contribution in [0.2, 0.25) is 0 Å². The number of rotatable bonds is 4. The molecule has 5 aromatic rings. The lowest BCUT2D eigenvalue weighted by Crippen LogP contribution is -2.22. The van der Waals surface area contributed by atoms with Crippen LogP contribution in [0.4, 0.5) is 11.4 Å². The third-order valence-corrected chi connectivity index (χ3v) is 7.12. The summed E-state index contributed by atoms with van der Waals surface area (Å²) in [5.74, 6) is 0. The smallest absolute Gasteiger partial charge is 0.0488 e. The Morgan fingerprint density at radius 1 is 0.705 bits per heavy atom. The Bertz CT molecular complexity index is 1880. The third-order valence-electron chi connectivity index (χ3n) is 7.12. The molecule has 0 bridgehead atoms. The number of aromatic nitrogens is 1. The molecular weight excluding hydrogens is 532 g/mol. The van der Waals surface area contributed by atoms with Crippen molar-refractivity contribution in [2.24, 2.45) is 0 Å². The Kier molecular flexibility index (Phi) is 12.9. The van der Waals surface area contributed by atoms with Gasteiger partial charge in [-0.05, 0) is 74.8 Å². The zero-order valence-corrected chi connectivity index (χ0v) is 26.6. The van der Waals surface area contributed by atoms with Gasteiger partial charge >= 0.3 is 0 Å². The first-order valence-electron chi connectivity index (χ1n) is 15.1. The first kappa shape index (κ1) is 33.3. The number of hydrogen-bond donors (Lipinski definition) is 0. The van der Waals surface area contributed by atoms with Gasteiger partial charge in [0.1, 0.15) is 0 Å². The van der Waals surface area contributed by atoms with Gasteiger partial charge in [0.2, 0.25) is 0 Å². The minimum atomic E-state index is 0.942. The molecule has 222 valence electrons. The van der Waals surface area contributed by atoms with Crippen LogP contribution < -0.4 is 15.3 Å². The average molecular weight is 577 g/mol. The highest BCUT2D eigenvalue weighted by atomic mass is 15.1. The lowest BCUT2D eigenvalue weighted by atomic mass is 9.90. The van der Waals surface area contributed by atoms with Crippen molar-refractivity contribution in [3.63, 3.8) is 0 Å². The normalized spacial score (nSPS) is 11.2. The van der Waals surface area contributed by atoms with Crippen molar-refractivity contribution in [1.82, 2.24) is 4.98 Å². The zero-order valence-electron chi connectivity index (χ0n) is 26.6. The van der Waals surface area contributed by atoms with E-state index in [1.54, 1.807) is 6.08 Å². The number of benzene rings is 4. The van der Waals surface area contributed by atoms with E-state index in [-0.39, 0.29) is 0 Å². The van der Waals surface area contributed by atoms with Crippen LogP contribution in [0.1, 0.15) is 32.8 Å². The van der Waals surface area contributed by atoms with Crippen molar-refractivity contribution in [1.29, 1.82) is 0 Å². The predicted octanol–water partition coefficient (Wildman–Crippen LogP) is 10.6. The maximum atomic E-state index is 4.30. The van der Waals surface area contributed by atoms with Gasteiger partial charge in [-0.3, -0.25) is 4.98 Å². The molecule has 0 amide bonds. The van der Waals surface area contributed by atoms with E-state index in [1.807, 2.05) is 63.5 Å². The van der Waals surface area contributed by atoms with E-state index in [0.717, 1.165) is 39.2 Å². The minimum Gasteiger partial charge on any atom is -0.344 e. The van der Waals surface area contributed by atoms with Gasteiger partial charge in [0.05, 0.1) is 0 Å². The molecule has 2 nitrogen and oxygen atoms in total. The zero-order chi connectivity index (χ0) is 31.9. The van der Waals surface area contributed by atoms with Crippen molar-refractivity contribution >= 4 is 52.2 Å². The first-order chi connectivity index (χ1) is 21.5. The maximum absolute atomic E-state index is 4.30. The summed E-state index contributed by atoms with van der Waals surface area (Å²) >= 11 is 0. The minimum absolute atomic E-state index is 0.942. The van der Waals surface area contributed by atoms with Crippen molar-refractivity contribution in [3.05, 3.63) is 157 Å². The summed E-state index contributed by atoms with van der Waals surface area (Å²) < 4.78 is 0. The van der Waals surface area contributed by atoms with Crippen LogP contribution >= 0.6 is 0 Å². The average Bonchev–Trinajstić information content (AvgIpc) is 3.41. The maximum Gasteiger partial charge on any atom is 0.0488 e. The highest BCUT2D eigenvalue weighted by molar-refractivity contribution is 6.10. The summed E-state index contributed by atoms with van der Waals surface area (Å²) in [7, 11) is 2.09. The second-order valence-electron chi connectivity index (χ2n) is 9.86. The molecule has 1 aliphatic rings. The molecule has 1 aliphatic carbocycles. The topological polar surface area (TPSA) is 16.1 Å². The van der Waals surface area contributed by atoms with Gasteiger partial charge in [0.15, 0.2) is 0 Å². The molecule has 1 heterocycles. The lowest BCUT2D eigenvalue weighted by molar-refractivity contribution is 1.20. The van der Waals surface area contributed by atoms with Crippen molar-refractivity contribution < 1.29 is 0 Å². The van der Waals surface area contributed by atoms with Crippen LogP contribution in [-0.4, -0.2) is 12.0 Å². The number of allylic oxidation sites excluding steroid dienone is 7. The van der Waals surface area contributed by atoms with Crippen molar-refractivity contribution in [2.75, 3.05) is 11.9 Å².